The molecule has 2 rings (SSSR count). The van der Waals surface area contributed by atoms with Gasteiger partial charge < -0.3 is 0 Å². The van der Waals surface area contributed by atoms with Gasteiger partial charge in [0.2, 0.25) is 0 Å². The van der Waals surface area contributed by atoms with Crippen LogP contribution in [0.4, 0.5) is 4.39 Å². The first kappa shape index (κ1) is 13.1. The Kier molecular flexibility index (Phi) is 3.18. The molecule has 0 heterocycles. The minimum atomic E-state index is -0.163. The molecule has 1 aliphatic carbocycles. The molecule has 1 saturated carbocycles. The molecule has 0 saturated heterocycles. The van der Waals surface area contributed by atoms with Crippen LogP contribution in [-0.2, 0) is 6.42 Å². The van der Waals surface area contributed by atoms with Gasteiger partial charge in [-0.1, -0.05) is 44.7 Å². The van der Waals surface area contributed by atoms with Gasteiger partial charge in [-0.05, 0) is 48.3 Å². The summed E-state index contributed by atoms with van der Waals surface area (Å²) in [7, 11) is 0. The first-order chi connectivity index (χ1) is 8.31. The second-order valence-corrected chi connectivity index (χ2v) is 6.11. The van der Waals surface area contributed by atoms with E-state index in [1.807, 2.05) is 19.1 Å². The second-order valence-electron chi connectivity index (χ2n) is 6.11. The zero-order chi connectivity index (χ0) is 13.5. The molecule has 1 atom stereocenters. The molecule has 0 aromatic heterocycles. The Morgan fingerprint density at radius 2 is 2.11 bits per heavy atom. The Hall–Kier alpha value is -1.37. The lowest BCUT2D eigenvalue weighted by molar-refractivity contribution is 0.211. The molecule has 0 N–H and O–H groups in total. The summed E-state index contributed by atoms with van der Waals surface area (Å²) >= 11 is 0. The van der Waals surface area contributed by atoms with E-state index in [2.05, 4.69) is 27.0 Å². The highest BCUT2D eigenvalue weighted by atomic mass is 19.1. The van der Waals surface area contributed by atoms with E-state index < -0.39 is 0 Å². The van der Waals surface area contributed by atoms with E-state index >= 15 is 0 Å². The topological polar surface area (TPSA) is 0 Å². The number of hydrogen-bond donors (Lipinski definition) is 0. The fraction of sp³-hybridized carbons (Fsp3) is 0.412. The first-order valence-electron chi connectivity index (χ1n) is 6.45. The predicted octanol–water partition coefficient (Wildman–Crippen LogP) is 5.00. The van der Waals surface area contributed by atoms with Crippen LogP contribution in [0.15, 0.2) is 36.9 Å². The second kappa shape index (κ2) is 4.38. The van der Waals surface area contributed by atoms with E-state index in [1.165, 1.54) is 5.57 Å². The van der Waals surface area contributed by atoms with Crippen LogP contribution in [0.1, 0.15) is 38.3 Å². The lowest BCUT2D eigenvalue weighted by Gasteiger charge is -2.46. The molecule has 18 heavy (non-hydrogen) atoms. The molecule has 1 aromatic carbocycles. The third-order valence-electron chi connectivity index (χ3n) is 4.09. The Morgan fingerprint density at radius 1 is 1.44 bits per heavy atom. The van der Waals surface area contributed by atoms with Gasteiger partial charge in [0.25, 0.3) is 0 Å². The van der Waals surface area contributed by atoms with Gasteiger partial charge in [-0.2, -0.15) is 0 Å². The number of halogens is 1. The van der Waals surface area contributed by atoms with Crippen molar-refractivity contribution in [3.05, 3.63) is 53.9 Å². The maximum Gasteiger partial charge on any atom is 0.130 e. The molecule has 1 aliphatic rings. The summed E-state index contributed by atoms with van der Waals surface area (Å²) < 4.78 is 13.8. The maximum atomic E-state index is 13.8. The van der Waals surface area contributed by atoms with Gasteiger partial charge in [-0.25, -0.2) is 4.39 Å². The van der Waals surface area contributed by atoms with Gasteiger partial charge in [-0.3, -0.25) is 0 Å². The van der Waals surface area contributed by atoms with Crippen molar-refractivity contribution in [3.8, 4) is 0 Å². The lowest BCUT2D eigenvalue weighted by Crippen LogP contribution is -2.35. The Balaban J connectivity index is 2.10. The maximum absolute atomic E-state index is 13.8. The third kappa shape index (κ3) is 2.27. The van der Waals surface area contributed by atoms with Crippen molar-refractivity contribution in [2.75, 3.05) is 0 Å². The van der Waals surface area contributed by atoms with Crippen molar-refractivity contribution >= 4 is 5.57 Å². The highest BCUT2D eigenvalue weighted by molar-refractivity contribution is 5.62. The quantitative estimate of drug-likeness (QED) is 0.656. The average Bonchev–Trinajstić information content (AvgIpc) is 2.27. The summed E-state index contributed by atoms with van der Waals surface area (Å²) in [5.41, 5.74) is 4.01. The monoisotopic (exact) mass is 244 g/mol. The predicted molar refractivity (Wildman–Crippen MR) is 75.8 cm³/mol. The molecule has 96 valence electrons. The van der Waals surface area contributed by atoms with Crippen molar-refractivity contribution in [1.29, 1.82) is 0 Å². The van der Waals surface area contributed by atoms with Gasteiger partial charge in [0, 0.05) is 5.56 Å². The standard InChI is InChI=1S/C17H21F/c1-11(2)15-7-6-13(9-16(15)18)8-14-10-17(4,5)12(14)3/h6-7,9,14H,1,3,8,10H2,2,4-5H3. The summed E-state index contributed by atoms with van der Waals surface area (Å²) in [5.74, 6) is 0.347. The molecule has 0 nitrogen and oxygen atoms in total. The molecule has 0 bridgehead atoms. The van der Waals surface area contributed by atoms with Crippen LogP contribution < -0.4 is 0 Å². The third-order valence-corrected chi connectivity index (χ3v) is 4.09. The Morgan fingerprint density at radius 3 is 2.56 bits per heavy atom. The van der Waals surface area contributed by atoms with E-state index in [-0.39, 0.29) is 11.2 Å². The van der Waals surface area contributed by atoms with Crippen LogP contribution in [0.2, 0.25) is 0 Å². The summed E-state index contributed by atoms with van der Waals surface area (Å²) in [6, 6.07) is 5.48. The van der Waals surface area contributed by atoms with Crippen LogP contribution in [0.5, 0.6) is 0 Å². The van der Waals surface area contributed by atoms with Crippen molar-refractivity contribution in [1.82, 2.24) is 0 Å². The Labute approximate surface area is 109 Å². The Bertz CT molecular complexity index is 508. The van der Waals surface area contributed by atoms with Gasteiger partial charge >= 0.3 is 0 Å². The zero-order valence-electron chi connectivity index (χ0n) is 11.5. The van der Waals surface area contributed by atoms with E-state index in [0.717, 1.165) is 24.0 Å². The highest BCUT2D eigenvalue weighted by Gasteiger charge is 2.39. The summed E-state index contributed by atoms with van der Waals surface area (Å²) in [6.07, 6.45) is 2.05. The van der Waals surface area contributed by atoms with Crippen molar-refractivity contribution in [3.63, 3.8) is 0 Å². The molecular formula is C17H21F. The van der Waals surface area contributed by atoms with Crippen LogP contribution >= 0.6 is 0 Å². The largest absolute Gasteiger partial charge is 0.206 e. The van der Waals surface area contributed by atoms with E-state index in [4.69, 9.17) is 0 Å². The van der Waals surface area contributed by atoms with Crippen molar-refractivity contribution in [2.24, 2.45) is 11.3 Å². The van der Waals surface area contributed by atoms with Crippen molar-refractivity contribution < 1.29 is 4.39 Å². The van der Waals surface area contributed by atoms with Gasteiger partial charge in [0.05, 0.1) is 0 Å². The van der Waals surface area contributed by atoms with Gasteiger partial charge in [0.15, 0.2) is 0 Å². The number of rotatable bonds is 3. The molecule has 0 amide bonds. The molecule has 0 aliphatic heterocycles. The molecule has 0 radical (unpaired) electrons. The van der Waals surface area contributed by atoms with E-state index in [9.17, 15) is 4.39 Å². The molecular weight excluding hydrogens is 223 g/mol. The molecule has 1 unspecified atom stereocenters. The molecule has 0 spiro atoms. The summed E-state index contributed by atoms with van der Waals surface area (Å²) in [6.45, 7) is 14.2. The molecule has 1 heteroatoms. The summed E-state index contributed by atoms with van der Waals surface area (Å²) in [4.78, 5) is 0. The smallest absolute Gasteiger partial charge is 0.130 e. The fourth-order valence-corrected chi connectivity index (χ4v) is 2.80. The molecule has 1 aromatic rings. The normalized spacial score (nSPS) is 21.6. The van der Waals surface area contributed by atoms with Crippen molar-refractivity contribution in [2.45, 2.75) is 33.6 Å². The number of benzene rings is 1. The average molecular weight is 244 g/mol. The number of allylic oxidation sites excluding steroid dienone is 2. The van der Waals surface area contributed by atoms with E-state index in [1.54, 1.807) is 6.07 Å². The van der Waals surface area contributed by atoms with Crippen LogP contribution in [0.3, 0.4) is 0 Å². The van der Waals surface area contributed by atoms with Gasteiger partial charge in [0.1, 0.15) is 5.82 Å². The lowest BCUT2D eigenvalue weighted by atomic mass is 9.59. The number of hydrogen-bond acceptors (Lipinski definition) is 0. The minimum absolute atomic E-state index is 0.163. The van der Waals surface area contributed by atoms with Crippen LogP contribution in [0, 0.1) is 17.2 Å². The molecule has 1 fully saturated rings. The SMILES string of the molecule is C=C(C)c1ccc(CC2CC(C)(C)C2=C)cc1F. The van der Waals surface area contributed by atoms with Crippen LogP contribution in [-0.4, -0.2) is 0 Å². The summed E-state index contributed by atoms with van der Waals surface area (Å²) in [5, 5.41) is 0. The first-order valence-corrected chi connectivity index (χ1v) is 6.45. The van der Waals surface area contributed by atoms with Crippen LogP contribution in [0.25, 0.3) is 5.57 Å². The minimum Gasteiger partial charge on any atom is -0.206 e. The fourth-order valence-electron chi connectivity index (χ4n) is 2.80. The highest BCUT2D eigenvalue weighted by Crippen LogP contribution is 2.50. The zero-order valence-corrected chi connectivity index (χ0v) is 11.5. The van der Waals surface area contributed by atoms with Gasteiger partial charge in [-0.15, -0.1) is 0 Å². The van der Waals surface area contributed by atoms with E-state index in [0.29, 0.717) is 11.5 Å².